The molecule has 0 bridgehead atoms. The van der Waals surface area contributed by atoms with Crippen molar-refractivity contribution in [2.45, 2.75) is 25.9 Å². The molecular weight excluding hydrogens is 297 g/mol. The lowest BCUT2D eigenvalue weighted by Crippen LogP contribution is -2.42. The maximum absolute atomic E-state index is 12.6. The summed E-state index contributed by atoms with van der Waals surface area (Å²) < 4.78 is 0. The van der Waals surface area contributed by atoms with Crippen LogP contribution in [0, 0.1) is 0 Å². The normalized spacial score (nSPS) is 17.9. The summed E-state index contributed by atoms with van der Waals surface area (Å²) in [6.07, 6.45) is 2.60. The summed E-state index contributed by atoms with van der Waals surface area (Å²) in [5, 5.41) is 7.89. The second-order valence-corrected chi connectivity index (χ2v) is 5.79. The summed E-state index contributed by atoms with van der Waals surface area (Å²) in [6.45, 7) is 2.58. The largest absolute Gasteiger partial charge is 0.331 e. The van der Waals surface area contributed by atoms with Crippen LogP contribution >= 0.6 is 23.2 Å². The average Bonchev–Trinajstić information content (AvgIpc) is 2.87. The Labute approximate surface area is 126 Å². The van der Waals surface area contributed by atoms with E-state index in [4.69, 9.17) is 23.2 Å². The van der Waals surface area contributed by atoms with Crippen molar-refractivity contribution in [2.24, 2.45) is 0 Å². The van der Waals surface area contributed by atoms with Gasteiger partial charge in [0.25, 0.3) is 5.91 Å². The SMILES string of the molecule is CC1Cc2n[nH]cc2CN1C(=O)c1ccc(Cl)c(Cl)c1. The topological polar surface area (TPSA) is 49.0 Å². The van der Waals surface area contributed by atoms with Gasteiger partial charge in [-0.05, 0) is 25.1 Å². The van der Waals surface area contributed by atoms with Crippen LogP contribution in [0.25, 0.3) is 0 Å². The van der Waals surface area contributed by atoms with Gasteiger partial charge in [0.1, 0.15) is 0 Å². The smallest absolute Gasteiger partial charge is 0.254 e. The van der Waals surface area contributed by atoms with Crippen LogP contribution in [-0.4, -0.2) is 27.0 Å². The lowest BCUT2D eigenvalue weighted by molar-refractivity contribution is 0.0657. The molecule has 0 saturated heterocycles. The molecule has 2 heterocycles. The molecule has 0 aliphatic carbocycles. The van der Waals surface area contributed by atoms with E-state index in [1.807, 2.05) is 18.0 Å². The van der Waals surface area contributed by atoms with Crippen LogP contribution in [0.3, 0.4) is 0 Å². The van der Waals surface area contributed by atoms with E-state index in [1.54, 1.807) is 18.2 Å². The molecule has 104 valence electrons. The number of hydrogen-bond donors (Lipinski definition) is 1. The van der Waals surface area contributed by atoms with Crippen molar-refractivity contribution in [2.75, 3.05) is 0 Å². The number of nitrogens with one attached hydrogen (secondary N) is 1. The second kappa shape index (κ2) is 5.11. The van der Waals surface area contributed by atoms with Crippen LogP contribution in [0.4, 0.5) is 0 Å². The summed E-state index contributed by atoms with van der Waals surface area (Å²) in [5.74, 6) is -0.0390. The van der Waals surface area contributed by atoms with Crippen molar-refractivity contribution in [3.05, 3.63) is 51.3 Å². The third-order valence-electron chi connectivity index (χ3n) is 3.60. The predicted octanol–water partition coefficient (Wildman–Crippen LogP) is 3.30. The maximum atomic E-state index is 12.6. The van der Waals surface area contributed by atoms with Gasteiger partial charge >= 0.3 is 0 Å². The van der Waals surface area contributed by atoms with Gasteiger partial charge in [0.15, 0.2) is 0 Å². The summed E-state index contributed by atoms with van der Waals surface area (Å²) in [6, 6.07) is 5.07. The molecule has 2 aromatic rings. The van der Waals surface area contributed by atoms with Crippen LogP contribution in [-0.2, 0) is 13.0 Å². The molecule has 3 rings (SSSR count). The quantitative estimate of drug-likeness (QED) is 0.878. The highest BCUT2D eigenvalue weighted by Gasteiger charge is 2.29. The van der Waals surface area contributed by atoms with Gasteiger partial charge in [0.05, 0.1) is 15.7 Å². The number of nitrogens with zero attached hydrogens (tertiary/aromatic N) is 2. The van der Waals surface area contributed by atoms with Gasteiger partial charge in [-0.25, -0.2) is 0 Å². The van der Waals surface area contributed by atoms with E-state index >= 15 is 0 Å². The van der Waals surface area contributed by atoms with Crippen molar-refractivity contribution in [1.29, 1.82) is 0 Å². The number of benzene rings is 1. The van der Waals surface area contributed by atoms with E-state index in [0.717, 1.165) is 17.7 Å². The van der Waals surface area contributed by atoms with Crippen LogP contribution < -0.4 is 0 Å². The Morgan fingerprint density at radius 3 is 2.95 bits per heavy atom. The Morgan fingerprint density at radius 2 is 2.20 bits per heavy atom. The molecule has 0 saturated carbocycles. The van der Waals surface area contributed by atoms with Crippen LogP contribution in [0.15, 0.2) is 24.4 Å². The molecule has 1 N–H and O–H groups in total. The zero-order chi connectivity index (χ0) is 14.3. The van der Waals surface area contributed by atoms with E-state index in [-0.39, 0.29) is 11.9 Å². The number of carbonyl (C=O) groups is 1. The number of H-pyrrole nitrogens is 1. The molecule has 1 aliphatic heterocycles. The number of aromatic nitrogens is 2. The number of fused-ring (bicyclic) bond motifs is 1. The first kappa shape index (κ1) is 13.5. The van der Waals surface area contributed by atoms with Crippen LogP contribution in [0.2, 0.25) is 10.0 Å². The average molecular weight is 310 g/mol. The fourth-order valence-electron chi connectivity index (χ4n) is 2.45. The van der Waals surface area contributed by atoms with Crippen molar-refractivity contribution >= 4 is 29.1 Å². The summed E-state index contributed by atoms with van der Waals surface area (Å²) in [4.78, 5) is 14.4. The van der Waals surface area contributed by atoms with Gasteiger partial charge in [0, 0.05) is 36.3 Å². The minimum absolute atomic E-state index is 0.0390. The Balaban J connectivity index is 1.89. The Bertz CT molecular complexity index is 668. The van der Waals surface area contributed by atoms with E-state index in [0.29, 0.717) is 22.2 Å². The highest BCUT2D eigenvalue weighted by atomic mass is 35.5. The standard InChI is InChI=1S/C14H13Cl2N3O/c1-8-4-13-10(6-17-18-13)7-19(8)14(20)9-2-3-11(15)12(16)5-9/h2-3,5-6,8H,4,7H2,1H3,(H,17,18). The first-order valence-electron chi connectivity index (χ1n) is 6.34. The number of rotatable bonds is 1. The molecule has 6 heteroatoms. The summed E-state index contributed by atoms with van der Waals surface area (Å²) in [7, 11) is 0. The zero-order valence-corrected chi connectivity index (χ0v) is 12.4. The van der Waals surface area contributed by atoms with Gasteiger partial charge in [0.2, 0.25) is 0 Å². The molecule has 20 heavy (non-hydrogen) atoms. The van der Waals surface area contributed by atoms with Crippen molar-refractivity contribution < 1.29 is 4.79 Å². The first-order valence-corrected chi connectivity index (χ1v) is 7.09. The summed E-state index contributed by atoms with van der Waals surface area (Å²) in [5.41, 5.74) is 2.66. The van der Waals surface area contributed by atoms with Gasteiger partial charge in [-0.3, -0.25) is 9.89 Å². The maximum Gasteiger partial charge on any atom is 0.254 e. The van der Waals surface area contributed by atoms with Gasteiger partial charge in [-0.15, -0.1) is 0 Å². The first-order chi connectivity index (χ1) is 9.56. The minimum atomic E-state index is -0.0390. The van der Waals surface area contributed by atoms with E-state index in [9.17, 15) is 4.79 Å². The van der Waals surface area contributed by atoms with Gasteiger partial charge < -0.3 is 4.90 Å². The number of carbonyl (C=O) groups excluding carboxylic acids is 1. The van der Waals surface area contributed by atoms with Crippen LogP contribution in [0.1, 0.15) is 28.5 Å². The molecule has 1 aliphatic rings. The lowest BCUT2D eigenvalue weighted by atomic mass is 10.0. The van der Waals surface area contributed by atoms with E-state index in [1.165, 1.54) is 0 Å². The number of hydrogen-bond acceptors (Lipinski definition) is 2. The minimum Gasteiger partial charge on any atom is -0.331 e. The predicted molar refractivity (Wildman–Crippen MR) is 78.1 cm³/mol. The lowest BCUT2D eigenvalue weighted by Gasteiger charge is -2.33. The highest BCUT2D eigenvalue weighted by Crippen LogP contribution is 2.26. The third-order valence-corrected chi connectivity index (χ3v) is 4.34. The fourth-order valence-corrected chi connectivity index (χ4v) is 2.75. The van der Waals surface area contributed by atoms with Crippen molar-refractivity contribution in [1.82, 2.24) is 15.1 Å². The monoisotopic (exact) mass is 309 g/mol. The molecular formula is C14H13Cl2N3O. The molecule has 1 amide bonds. The van der Waals surface area contributed by atoms with Gasteiger partial charge in [-0.1, -0.05) is 23.2 Å². The van der Waals surface area contributed by atoms with E-state index < -0.39 is 0 Å². The molecule has 0 fully saturated rings. The highest BCUT2D eigenvalue weighted by molar-refractivity contribution is 6.42. The van der Waals surface area contributed by atoms with Gasteiger partial charge in [-0.2, -0.15) is 5.10 Å². The number of aromatic amines is 1. The zero-order valence-electron chi connectivity index (χ0n) is 10.9. The van der Waals surface area contributed by atoms with Crippen molar-refractivity contribution in [3.8, 4) is 0 Å². The Kier molecular flexibility index (Phi) is 3.44. The van der Waals surface area contributed by atoms with Crippen LogP contribution in [0.5, 0.6) is 0 Å². The Hall–Kier alpha value is -1.52. The summed E-state index contributed by atoms with van der Waals surface area (Å²) >= 11 is 11.9. The van der Waals surface area contributed by atoms with Crippen molar-refractivity contribution in [3.63, 3.8) is 0 Å². The molecule has 0 radical (unpaired) electrons. The third kappa shape index (κ3) is 2.30. The van der Waals surface area contributed by atoms with E-state index in [2.05, 4.69) is 10.2 Å². The second-order valence-electron chi connectivity index (χ2n) is 4.97. The number of amides is 1. The molecule has 0 spiro atoms. The molecule has 4 nitrogen and oxygen atoms in total. The molecule has 1 atom stereocenters. The Morgan fingerprint density at radius 1 is 1.40 bits per heavy atom. The number of halogens is 2. The molecule has 1 unspecified atom stereocenters. The fraction of sp³-hybridized carbons (Fsp3) is 0.286. The molecule has 1 aromatic heterocycles. The molecule has 1 aromatic carbocycles.